The normalized spacial score (nSPS) is 10.5. The molecule has 2 N–H and O–H groups in total. The fraction of sp³-hybridized carbons (Fsp3) is 0.0588. The quantitative estimate of drug-likeness (QED) is 0.581. The van der Waals surface area contributed by atoms with Crippen LogP contribution < -0.4 is 10.6 Å². The number of carbonyl (C=O) groups excluding carboxylic acids is 1. The van der Waals surface area contributed by atoms with Gasteiger partial charge in [-0.1, -0.05) is 41.4 Å². The van der Waals surface area contributed by atoms with E-state index in [1.54, 1.807) is 29.5 Å². The van der Waals surface area contributed by atoms with Gasteiger partial charge in [0.2, 0.25) is 0 Å². The van der Waals surface area contributed by atoms with Crippen LogP contribution >= 0.6 is 34.5 Å². The van der Waals surface area contributed by atoms with Gasteiger partial charge >= 0.3 is 6.03 Å². The topological polar surface area (TPSA) is 54.0 Å². The van der Waals surface area contributed by atoms with E-state index in [1.165, 1.54) is 0 Å². The first-order valence-electron chi connectivity index (χ1n) is 7.07. The summed E-state index contributed by atoms with van der Waals surface area (Å²) < 4.78 is 0. The van der Waals surface area contributed by atoms with E-state index in [4.69, 9.17) is 23.2 Å². The van der Waals surface area contributed by atoms with Crippen LogP contribution in [0.5, 0.6) is 0 Å². The molecular weight excluding hydrogens is 365 g/mol. The second-order valence-corrected chi connectivity index (χ2v) is 6.88. The third-order valence-electron chi connectivity index (χ3n) is 3.25. The molecule has 2 amide bonds. The van der Waals surface area contributed by atoms with Gasteiger partial charge in [0.05, 0.1) is 26.4 Å². The molecule has 0 fully saturated rings. The Labute approximate surface area is 153 Å². The zero-order valence-electron chi connectivity index (χ0n) is 12.6. The number of thiazole rings is 1. The molecule has 1 heterocycles. The van der Waals surface area contributed by atoms with Crippen LogP contribution in [0.4, 0.5) is 16.2 Å². The molecule has 0 bridgehead atoms. The predicted octanol–water partition coefficient (Wildman–Crippen LogP) is 6.07. The number of aryl methyl sites for hydroxylation is 1. The van der Waals surface area contributed by atoms with Gasteiger partial charge in [-0.25, -0.2) is 9.78 Å². The van der Waals surface area contributed by atoms with Crippen molar-refractivity contribution in [1.29, 1.82) is 0 Å². The molecule has 0 saturated heterocycles. The maximum Gasteiger partial charge on any atom is 0.323 e. The molecular formula is C17H13Cl2N3OS. The number of aromatic nitrogens is 1. The van der Waals surface area contributed by atoms with Gasteiger partial charge in [-0.2, -0.15) is 0 Å². The highest BCUT2D eigenvalue weighted by atomic mass is 35.5. The Morgan fingerprint density at radius 3 is 2.58 bits per heavy atom. The summed E-state index contributed by atoms with van der Waals surface area (Å²) in [5, 5.41) is 9.33. The minimum atomic E-state index is -0.368. The SMILES string of the molecule is Cc1nc(-c2ccccc2NC(=O)Nc2ccc(Cl)c(Cl)c2)cs1. The van der Waals surface area contributed by atoms with E-state index in [9.17, 15) is 4.79 Å². The average molecular weight is 378 g/mol. The average Bonchev–Trinajstić information content (AvgIpc) is 2.98. The highest BCUT2D eigenvalue weighted by Crippen LogP contribution is 2.29. The number of hydrogen-bond donors (Lipinski definition) is 2. The zero-order valence-corrected chi connectivity index (χ0v) is 15.0. The number of halogens is 2. The van der Waals surface area contributed by atoms with Crippen LogP contribution in [0.3, 0.4) is 0 Å². The van der Waals surface area contributed by atoms with Crippen molar-refractivity contribution in [2.24, 2.45) is 0 Å². The molecule has 122 valence electrons. The van der Waals surface area contributed by atoms with E-state index in [2.05, 4.69) is 15.6 Å². The van der Waals surface area contributed by atoms with Gasteiger partial charge in [0.25, 0.3) is 0 Å². The smallest absolute Gasteiger partial charge is 0.308 e. The van der Waals surface area contributed by atoms with E-state index in [0.717, 1.165) is 16.3 Å². The van der Waals surface area contributed by atoms with Gasteiger partial charge in [0.15, 0.2) is 0 Å². The lowest BCUT2D eigenvalue weighted by Crippen LogP contribution is -2.19. The van der Waals surface area contributed by atoms with Gasteiger partial charge in [-0.3, -0.25) is 0 Å². The lowest BCUT2D eigenvalue weighted by molar-refractivity contribution is 0.262. The molecule has 2 aromatic carbocycles. The van der Waals surface area contributed by atoms with Crippen LogP contribution in [-0.2, 0) is 0 Å². The lowest BCUT2D eigenvalue weighted by atomic mass is 10.1. The van der Waals surface area contributed by atoms with Crippen LogP contribution in [0.25, 0.3) is 11.3 Å². The number of nitrogens with zero attached hydrogens (tertiary/aromatic N) is 1. The maximum atomic E-state index is 12.3. The largest absolute Gasteiger partial charge is 0.323 e. The number of carbonyl (C=O) groups is 1. The molecule has 3 aromatic rings. The predicted molar refractivity (Wildman–Crippen MR) is 101 cm³/mol. The lowest BCUT2D eigenvalue weighted by Gasteiger charge is -2.11. The van der Waals surface area contributed by atoms with Gasteiger partial charge in [0, 0.05) is 16.6 Å². The molecule has 4 nitrogen and oxygen atoms in total. The fourth-order valence-corrected chi connectivity index (χ4v) is 3.07. The first kappa shape index (κ1) is 16.8. The van der Waals surface area contributed by atoms with E-state index < -0.39 is 0 Å². The van der Waals surface area contributed by atoms with Gasteiger partial charge in [-0.15, -0.1) is 11.3 Å². The Balaban J connectivity index is 1.78. The van der Waals surface area contributed by atoms with Crippen LogP contribution in [0.15, 0.2) is 47.8 Å². The molecule has 0 aliphatic rings. The molecule has 24 heavy (non-hydrogen) atoms. The number of amides is 2. The summed E-state index contributed by atoms with van der Waals surface area (Å²) in [7, 11) is 0. The van der Waals surface area contributed by atoms with Gasteiger partial charge in [-0.05, 0) is 31.2 Å². The van der Waals surface area contributed by atoms with Crippen LogP contribution in [0.1, 0.15) is 5.01 Å². The molecule has 7 heteroatoms. The van der Waals surface area contributed by atoms with Crippen LogP contribution in [-0.4, -0.2) is 11.0 Å². The van der Waals surface area contributed by atoms with Crippen molar-refractivity contribution in [3.8, 4) is 11.3 Å². The number of benzene rings is 2. The molecule has 1 aromatic heterocycles. The maximum absolute atomic E-state index is 12.3. The standard InChI is InChI=1S/C17H13Cl2N3OS/c1-10-20-16(9-24-10)12-4-2-3-5-15(12)22-17(23)21-11-6-7-13(18)14(19)8-11/h2-9H,1H3,(H2,21,22,23). The third kappa shape index (κ3) is 3.87. The van der Waals surface area contributed by atoms with Crippen molar-refractivity contribution < 1.29 is 4.79 Å². The number of para-hydroxylation sites is 1. The Morgan fingerprint density at radius 2 is 1.88 bits per heavy atom. The highest BCUT2D eigenvalue weighted by molar-refractivity contribution is 7.09. The summed E-state index contributed by atoms with van der Waals surface area (Å²) in [6.07, 6.45) is 0. The molecule has 0 atom stereocenters. The van der Waals surface area contributed by atoms with E-state index >= 15 is 0 Å². The summed E-state index contributed by atoms with van der Waals surface area (Å²) in [4.78, 5) is 16.7. The second kappa shape index (κ2) is 7.21. The monoisotopic (exact) mass is 377 g/mol. The molecule has 0 aliphatic carbocycles. The summed E-state index contributed by atoms with van der Waals surface area (Å²) in [6.45, 7) is 1.95. The molecule has 0 radical (unpaired) electrons. The summed E-state index contributed by atoms with van der Waals surface area (Å²) >= 11 is 13.4. The van der Waals surface area contributed by atoms with Gasteiger partial charge in [0.1, 0.15) is 0 Å². The molecule has 0 saturated carbocycles. The summed E-state index contributed by atoms with van der Waals surface area (Å²) in [6, 6.07) is 12.1. The summed E-state index contributed by atoms with van der Waals surface area (Å²) in [5.41, 5.74) is 2.94. The molecule has 0 aliphatic heterocycles. The van der Waals surface area contributed by atoms with E-state index in [-0.39, 0.29) is 6.03 Å². The summed E-state index contributed by atoms with van der Waals surface area (Å²) in [5.74, 6) is 0. The minimum Gasteiger partial charge on any atom is -0.308 e. The van der Waals surface area contributed by atoms with E-state index in [0.29, 0.717) is 21.4 Å². The Morgan fingerprint density at radius 1 is 1.08 bits per heavy atom. The number of anilines is 2. The van der Waals surface area contributed by atoms with Crippen LogP contribution in [0, 0.1) is 6.92 Å². The van der Waals surface area contributed by atoms with E-state index in [1.807, 2.05) is 36.6 Å². The minimum absolute atomic E-state index is 0.368. The van der Waals surface area contributed by atoms with Crippen LogP contribution in [0.2, 0.25) is 10.0 Å². The van der Waals surface area contributed by atoms with Crippen molar-refractivity contribution in [1.82, 2.24) is 4.98 Å². The first-order valence-corrected chi connectivity index (χ1v) is 8.71. The van der Waals surface area contributed by atoms with Crippen molar-refractivity contribution in [2.45, 2.75) is 6.92 Å². The van der Waals surface area contributed by atoms with Crippen molar-refractivity contribution in [2.75, 3.05) is 10.6 Å². The molecule has 0 unspecified atom stereocenters. The number of hydrogen-bond acceptors (Lipinski definition) is 3. The Bertz CT molecular complexity index is 895. The number of nitrogens with one attached hydrogen (secondary N) is 2. The second-order valence-electron chi connectivity index (χ2n) is 5.01. The fourth-order valence-electron chi connectivity index (χ4n) is 2.16. The third-order valence-corrected chi connectivity index (χ3v) is 4.76. The molecule has 3 rings (SSSR count). The molecule has 0 spiro atoms. The first-order chi connectivity index (χ1) is 11.5. The van der Waals surface area contributed by atoms with Crippen molar-refractivity contribution in [3.63, 3.8) is 0 Å². The zero-order chi connectivity index (χ0) is 17.1. The highest BCUT2D eigenvalue weighted by Gasteiger charge is 2.11. The Hall–Kier alpha value is -2.08. The van der Waals surface area contributed by atoms with Crippen molar-refractivity contribution >= 4 is 51.9 Å². The number of urea groups is 1. The van der Waals surface area contributed by atoms with Gasteiger partial charge < -0.3 is 10.6 Å². The Kier molecular flexibility index (Phi) is 5.04. The van der Waals surface area contributed by atoms with Crippen molar-refractivity contribution in [3.05, 3.63) is 62.9 Å². The number of rotatable bonds is 3.